The number of nitrogens with one attached hydrogen (secondary N) is 2. The van der Waals surface area contributed by atoms with E-state index < -0.39 is 36.0 Å². The third-order valence-electron chi connectivity index (χ3n) is 3.29. The van der Waals surface area contributed by atoms with Gasteiger partial charge >= 0.3 is 12.0 Å². The first kappa shape index (κ1) is 20.9. The summed E-state index contributed by atoms with van der Waals surface area (Å²) >= 11 is 0. The molecular formula is C18H23N3O5. The molecule has 8 nitrogen and oxygen atoms in total. The van der Waals surface area contributed by atoms with E-state index in [-0.39, 0.29) is 5.92 Å². The van der Waals surface area contributed by atoms with Crippen LogP contribution in [0.5, 0.6) is 0 Å². The van der Waals surface area contributed by atoms with Gasteiger partial charge in [-0.15, -0.1) is 0 Å². The van der Waals surface area contributed by atoms with Crippen molar-refractivity contribution in [2.45, 2.75) is 32.9 Å². The summed E-state index contributed by atoms with van der Waals surface area (Å²) in [5.41, 5.74) is 5.73. The summed E-state index contributed by atoms with van der Waals surface area (Å²) in [5, 5.41) is 4.32. The lowest BCUT2D eigenvalue weighted by Crippen LogP contribution is -2.48. The summed E-state index contributed by atoms with van der Waals surface area (Å²) in [7, 11) is 0. The fourth-order valence-electron chi connectivity index (χ4n) is 1.97. The number of hydrogen-bond donors (Lipinski definition) is 3. The quantitative estimate of drug-likeness (QED) is 0.492. The Morgan fingerprint density at radius 1 is 1.08 bits per heavy atom. The van der Waals surface area contributed by atoms with Crippen molar-refractivity contribution in [3.8, 4) is 0 Å². The van der Waals surface area contributed by atoms with Crippen LogP contribution < -0.4 is 16.4 Å². The Balaban J connectivity index is 2.62. The topological polar surface area (TPSA) is 128 Å². The number of esters is 1. The van der Waals surface area contributed by atoms with Crippen molar-refractivity contribution < 1.29 is 23.9 Å². The molecule has 26 heavy (non-hydrogen) atoms. The second-order valence-electron chi connectivity index (χ2n) is 5.93. The van der Waals surface area contributed by atoms with Crippen molar-refractivity contribution in [1.82, 2.24) is 10.6 Å². The van der Waals surface area contributed by atoms with Crippen molar-refractivity contribution in [2.24, 2.45) is 11.7 Å². The molecule has 8 heteroatoms. The van der Waals surface area contributed by atoms with Crippen LogP contribution in [0, 0.1) is 5.92 Å². The summed E-state index contributed by atoms with van der Waals surface area (Å²) in [6.45, 7) is 4.72. The summed E-state index contributed by atoms with van der Waals surface area (Å²) in [5.74, 6) is -2.49. The van der Waals surface area contributed by atoms with Crippen molar-refractivity contribution in [3.05, 3.63) is 42.0 Å². The summed E-state index contributed by atoms with van der Waals surface area (Å²) < 4.78 is 5.10. The summed E-state index contributed by atoms with van der Waals surface area (Å²) in [4.78, 5) is 46.6. The highest BCUT2D eigenvalue weighted by Gasteiger charge is 2.29. The maximum absolute atomic E-state index is 12.1. The van der Waals surface area contributed by atoms with Crippen LogP contribution in [0.25, 0.3) is 6.08 Å². The molecule has 0 heterocycles. The molecule has 0 saturated carbocycles. The van der Waals surface area contributed by atoms with Gasteiger partial charge in [0, 0.05) is 6.08 Å². The number of nitrogens with two attached hydrogens (primary N) is 1. The van der Waals surface area contributed by atoms with Crippen LogP contribution in [-0.4, -0.2) is 36.0 Å². The molecule has 0 aliphatic carbocycles. The van der Waals surface area contributed by atoms with Gasteiger partial charge in [0.15, 0.2) is 6.10 Å². The summed E-state index contributed by atoms with van der Waals surface area (Å²) in [6, 6.07) is 7.16. The molecule has 0 radical (unpaired) electrons. The first-order valence-corrected chi connectivity index (χ1v) is 8.05. The summed E-state index contributed by atoms with van der Waals surface area (Å²) in [6.07, 6.45) is 1.69. The molecular weight excluding hydrogens is 338 g/mol. The maximum atomic E-state index is 12.1. The van der Waals surface area contributed by atoms with Gasteiger partial charge in [-0.1, -0.05) is 44.2 Å². The van der Waals surface area contributed by atoms with E-state index in [2.05, 4.69) is 5.32 Å². The molecule has 0 bridgehead atoms. The van der Waals surface area contributed by atoms with Gasteiger partial charge in [0.2, 0.25) is 5.91 Å². The van der Waals surface area contributed by atoms with Gasteiger partial charge in [-0.25, -0.2) is 9.59 Å². The third kappa shape index (κ3) is 7.16. The Morgan fingerprint density at radius 3 is 2.23 bits per heavy atom. The molecule has 0 unspecified atom stereocenters. The van der Waals surface area contributed by atoms with E-state index in [0.29, 0.717) is 0 Å². The highest BCUT2D eigenvalue weighted by Crippen LogP contribution is 2.08. The van der Waals surface area contributed by atoms with Crippen LogP contribution in [0.1, 0.15) is 26.3 Å². The van der Waals surface area contributed by atoms with Gasteiger partial charge in [0.1, 0.15) is 6.04 Å². The number of urea groups is 1. The Labute approximate surface area is 151 Å². The lowest BCUT2D eigenvalue weighted by molar-refractivity contribution is -0.160. The Bertz CT molecular complexity index is 685. The molecule has 1 aromatic carbocycles. The molecule has 1 aromatic rings. The molecule has 0 spiro atoms. The average molecular weight is 361 g/mol. The highest BCUT2D eigenvalue weighted by atomic mass is 16.5. The molecule has 0 aliphatic heterocycles. The van der Waals surface area contributed by atoms with Gasteiger partial charge in [0.25, 0.3) is 5.91 Å². The van der Waals surface area contributed by atoms with Crippen LogP contribution in [0.15, 0.2) is 36.4 Å². The Morgan fingerprint density at radius 2 is 1.69 bits per heavy atom. The number of rotatable bonds is 7. The number of amides is 4. The van der Waals surface area contributed by atoms with Gasteiger partial charge in [0.05, 0.1) is 0 Å². The zero-order chi connectivity index (χ0) is 19.7. The first-order valence-electron chi connectivity index (χ1n) is 8.05. The number of carbonyl (C=O) groups is 4. The van der Waals surface area contributed by atoms with Crippen LogP contribution in [0.3, 0.4) is 0 Å². The van der Waals surface area contributed by atoms with E-state index in [1.807, 2.05) is 35.6 Å². The lowest BCUT2D eigenvalue weighted by atomic mass is 10.1. The molecule has 0 saturated heterocycles. The number of imide groups is 1. The van der Waals surface area contributed by atoms with Crippen LogP contribution in [0.4, 0.5) is 4.79 Å². The maximum Gasteiger partial charge on any atom is 0.329 e. The van der Waals surface area contributed by atoms with E-state index >= 15 is 0 Å². The minimum Gasteiger partial charge on any atom is -0.450 e. The van der Waals surface area contributed by atoms with Crippen molar-refractivity contribution in [3.63, 3.8) is 0 Å². The smallest absolute Gasteiger partial charge is 0.329 e. The Kier molecular flexibility index (Phi) is 8.01. The fraction of sp³-hybridized carbons (Fsp3) is 0.333. The number of hydrogen-bond acceptors (Lipinski definition) is 5. The van der Waals surface area contributed by atoms with E-state index in [4.69, 9.17) is 10.5 Å². The zero-order valence-electron chi connectivity index (χ0n) is 14.9. The van der Waals surface area contributed by atoms with Gasteiger partial charge < -0.3 is 15.8 Å². The average Bonchev–Trinajstić information content (AvgIpc) is 2.57. The second-order valence-corrected chi connectivity index (χ2v) is 5.93. The SMILES string of the molecule is CC(C)[C@@H](OC(=O)[C@H](C)NC(=O)/C=C/c1ccccc1)C(=O)NC(N)=O. The monoisotopic (exact) mass is 361 g/mol. The number of primary amides is 1. The predicted octanol–water partition coefficient (Wildman–Crippen LogP) is 0.967. The van der Waals surface area contributed by atoms with Crippen LogP contribution in [-0.2, 0) is 19.1 Å². The van der Waals surface area contributed by atoms with E-state index in [1.165, 1.54) is 13.0 Å². The first-order chi connectivity index (χ1) is 12.2. The lowest BCUT2D eigenvalue weighted by Gasteiger charge is -2.22. The number of carbonyl (C=O) groups excluding carboxylic acids is 4. The van der Waals surface area contributed by atoms with Gasteiger partial charge in [-0.05, 0) is 24.5 Å². The molecule has 140 valence electrons. The van der Waals surface area contributed by atoms with Crippen LogP contribution in [0.2, 0.25) is 0 Å². The minimum atomic E-state index is -1.20. The number of ether oxygens (including phenoxy) is 1. The largest absolute Gasteiger partial charge is 0.450 e. The fourth-order valence-corrected chi connectivity index (χ4v) is 1.97. The normalized spacial score (nSPS) is 13.1. The standard InChI is InChI=1S/C18H23N3O5/c1-11(2)15(16(23)21-18(19)25)26-17(24)12(3)20-14(22)10-9-13-7-5-4-6-8-13/h4-12,15H,1-3H3,(H,20,22)(H3,19,21,23,25)/b10-9+/t12-,15+/m0/s1. The van der Waals surface area contributed by atoms with Gasteiger partial charge in [-0.3, -0.25) is 14.9 Å². The molecule has 2 atom stereocenters. The Hall–Kier alpha value is -3.16. The highest BCUT2D eigenvalue weighted by molar-refractivity contribution is 5.98. The van der Waals surface area contributed by atoms with Gasteiger partial charge in [-0.2, -0.15) is 0 Å². The molecule has 0 aromatic heterocycles. The second kappa shape index (κ2) is 9.97. The molecule has 1 rings (SSSR count). The van der Waals surface area contributed by atoms with Crippen LogP contribution >= 0.6 is 0 Å². The van der Waals surface area contributed by atoms with E-state index in [1.54, 1.807) is 19.9 Å². The minimum absolute atomic E-state index is 0.390. The third-order valence-corrected chi connectivity index (χ3v) is 3.29. The predicted molar refractivity (Wildman–Crippen MR) is 95.5 cm³/mol. The number of benzene rings is 1. The molecule has 4 N–H and O–H groups in total. The molecule has 0 fully saturated rings. The van der Waals surface area contributed by atoms with Crippen molar-refractivity contribution >= 4 is 29.9 Å². The van der Waals surface area contributed by atoms with E-state index in [0.717, 1.165) is 5.56 Å². The van der Waals surface area contributed by atoms with E-state index in [9.17, 15) is 19.2 Å². The van der Waals surface area contributed by atoms with Crippen molar-refractivity contribution in [1.29, 1.82) is 0 Å². The van der Waals surface area contributed by atoms with Crippen molar-refractivity contribution in [2.75, 3.05) is 0 Å². The zero-order valence-corrected chi connectivity index (χ0v) is 14.9. The molecule has 4 amide bonds. The molecule has 0 aliphatic rings.